The second-order valence-corrected chi connectivity index (χ2v) is 6.43. The number of rotatable bonds is 4. The molecule has 0 saturated carbocycles. The van der Waals surface area contributed by atoms with Crippen LogP contribution < -0.4 is 4.90 Å². The van der Waals surface area contributed by atoms with Crippen molar-refractivity contribution >= 4 is 35.9 Å². The standard InChI is InChI=1S/C20H24N2.ClH/c1-16(14-21(2)3)15-22-19-10-6-4-8-17(19)12-13-18-9-5-7-11-20(18)22;/h4-13,16H,14-15H2,1-3H3;1H. The minimum absolute atomic E-state index is 0. The smallest absolute Gasteiger partial charge is 0.0484 e. The topological polar surface area (TPSA) is 6.48 Å². The molecule has 0 fully saturated rings. The lowest BCUT2D eigenvalue weighted by molar-refractivity contribution is 0.343. The summed E-state index contributed by atoms with van der Waals surface area (Å²) in [4.78, 5) is 4.73. The van der Waals surface area contributed by atoms with Crippen LogP contribution in [-0.2, 0) is 0 Å². The molecule has 0 radical (unpaired) electrons. The summed E-state index contributed by atoms with van der Waals surface area (Å²) in [6.45, 7) is 4.44. The first-order valence-electron chi connectivity index (χ1n) is 7.93. The maximum Gasteiger partial charge on any atom is 0.0484 e. The predicted molar refractivity (Wildman–Crippen MR) is 104 cm³/mol. The largest absolute Gasteiger partial charge is 0.340 e. The van der Waals surface area contributed by atoms with E-state index in [0.717, 1.165) is 13.1 Å². The number of benzene rings is 2. The SMILES string of the molecule is CC(CN(C)C)CN1c2ccccc2C=Cc2ccccc21.Cl. The molecule has 2 aromatic carbocycles. The van der Waals surface area contributed by atoms with Gasteiger partial charge in [0.2, 0.25) is 0 Å². The van der Waals surface area contributed by atoms with Gasteiger partial charge in [0.1, 0.15) is 0 Å². The molecule has 1 aliphatic rings. The molecule has 1 atom stereocenters. The second-order valence-electron chi connectivity index (χ2n) is 6.43. The van der Waals surface area contributed by atoms with E-state index < -0.39 is 0 Å². The van der Waals surface area contributed by atoms with E-state index in [1.807, 2.05) is 0 Å². The van der Waals surface area contributed by atoms with E-state index in [-0.39, 0.29) is 12.4 Å². The van der Waals surface area contributed by atoms with E-state index >= 15 is 0 Å². The number of anilines is 2. The minimum atomic E-state index is 0. The van der Waals surface area contributed by atoms with Crippen LogP contribution in [0.5, 0.6) is 0 Å². The van der Waals surface area contributed by atoms with E-state index in [1.165, 1.54) is 22.5 Å². The zero-order valence-electron chi connectivity index (χ0n) is 14.1. The van der Waals surface area contributed by atoms with Crippen molar-refractivity contribution in [1.82, 2.24) is 4.90 Å². The molecule has 0 aliphatic carbocycles. The number of hydrogen-bond acceptors (Lipinski definition) is 2. The molecule has 0 N–H and O–H groups in total. The zero-order chi connectivity index (χ0) is 15.5. The Morgan fingerprint density at radius 3 is 1.83 bits per heavy atom. The molecule has 3 heteroatoms. The van der Waals surface area contributed by atoms with Crippen LogP contribution in [0.25, 0.3) is 12.2 Å². The van der Waals surface area contributed by atoms with E-state index in [0.29, 0.717) is 5.92 Å². The van der Waals surface area contributed by atoms with E-state index in [4.69, 9.17) is 0 Å². The Labute approximate surface area is 145 Å². The van der Waals surface area contributed by atoms with Gasteiger partial charge in [-0.15, -0.1) is 12.4 Å². The van der Waals surface area contributed by atoms with E-state index in [1.54, 1.807) is 0 Å². The highest BCUT2D eigenvalue weighted by molar-refractivity contribution is 5.88. The zero-order valence-corrected chi connectivity index (χ0v) is 14.9. The number of para-hydroxylation sites is 2. The highest BCUT2D eigenvalue weighted by Crippen LogP contribution is 2.36. The summed E-state index contributed by atoms with van der Waals surface area (Å²) in [6.07, 6.45) is 4.45. The van der Waals surface area contributed by atoms with Gasteiger partial charge < -0.3 is 9.80 Å². The summed E-state index contributed by atoms with van der Waals surface area (Å²) >= 11 is 0. The molecule has 1 aliphatic heterocycles. The minimum Gasteiger partial charge on any atom is -0.340 e. The lowest BCUT2D eigenvalue weighted by Gasteiger charge is -2.30. The van der Waals surface area contributed by atoms with Crippen LogP contribution in [0.1, 0.15) is 18.1 Å². The number of hydrogen-bond donors (Lipinski definition) is 0. The molecule has 2 nitrogen and oxygen atoms in total. The third-order valence-corrected chi connectivity index (χ3v) is 4.07. The van der Waals surface area contributed by atoms with Crippen LogP contribution in [0.15, 0.2) is 48.5 Å². The van der Waals surface area contributed by atoms with Gasteiger partial charge in [-0.3, -0.25) is 0 Å². The maximum absolute atomic E-state index is 2.47. The Balaban J connectivity index is 0.00000192. The monoisotopic (exact) mass is 328 g/mol. The van der Waals surface area contributed by atoms with Crippen molar-refractivity contribution in [2.45, 2.75) is 6.92 Å². The lowest BCUT2D eigenvalue weighted by atomic mass is 10.1. The maximum atomic E-state index is 2.47. The van der Waals surface area contributed by atoms with Crippen molar-refractivity contribution in [3.8, 4) is 0 Å². The third kappa shape index (κ3) is 3.95. The van der Waals surface area contributed by atoms with Gasteiger partial charge in [0, 0.05) is 24.5 Å². The number of nitrogens with zero attached hydrogens (tertiary/aromatic N) is 2. The third-order valence-electron chi connectivity index (χ3n) is 4.07. The van der Waals surface area contributed by atoms with Crippen molar-refractivity contribution < 1.29 is 0 Å². The van der Waals surface area contributed by atoms with Crippen molar-refractivity contribution in [1.29, 1.82) is 0 Å². The Bertz CT molecular complexity index is 629. The molecule has 0 saturated heterocycles. The molecule has 1 unspecified atom stereocenters. The molecule has 1 heterocycles. The van der Waals surface area contributed by atoms with Crippen LogP contribution in [0, 0.1) is 5.92 Å². The first-order chi connectivity index (χ1) is 10.6. The highest BCUT2D eigenvalue weighted by Gasteiger charge is 2.19. The summed E-state index contributed by atoms with van der Waals surface area (Å²) in [7, 11) is 4.28. The van der Waals surface area contributed by atoms with Gasteiger partial charge in [-0.05, 0) is 43.3 Å². The fraction of sp³-hybridized carbons (Fsp3) is 0.300. The summed E-state index contributed by atoms with van der Waals surface area (Å²) in [5, 5.41) is 0. The van der Waals surface area contributed by atoms with Crippen LogP contribution in [0.2, 0.25) is 0 Å². The van der Waals surface area contributed by atoms with Crippen LogP contribution >= 0.6 is 12.4 Å². The van der Waals surface area contributed by atoms with Gasteiger partial charge in [0.25, 0.3) is 0 Å². The van der Waals surface area contributed by atoms with Gasteiger partial charge in [0.15, 0.2) is 0 Å². The first-order valence-corrected chi connectivity index (χ1v) is 7.93. The van der Waals surface area contributed by atoms with Crippen LogP contribution in [0.3, 0.4) is 0 Å². The van der Waals surface area contributed by atoms with E-state index in [9.17, 15) is 0 Å². The Hall–Kier alpha value is -1.77. The van der Waals surface area contributed by atoms with Crippen molar-refractivity contribution in [2.24, 2.45) is 5.92 Å². The number of halogens is 1. The lowest BCUT2D eigenvalue weighted by Crippen LogP contribution is -2.30. The average molecular weight is 329 g/mol. The molecule has 3 rings (SSSR count). The normalized spacial score (nSPS) is 13.8. The average Bonchev–Trinajstić information content (AvgIpc) is 2.65. The van der Waals surface area contributed by atoms with Crippen LogP contribution in [0.4, 0.5) is 11.4 Å². The highest BCUT2D eigenvalue weighted by atomic mass is 35.5. The molecular formula is C20H25ClN2. The summed E-state index contributed by atoms with van der Waals surface area (Å²) in [5.74, 6) is 0.592. The van der Waals surface area contributed by atoms with Crippen molar-refractivity contribution in [3.05, 3.63) is 59.7 Å². The molecular weight excluding hydrogens is 304 g/mol. The first kappa shape index (κ1) is 17.6. The molecule has 0 aromatic heterocycles. The van der Waals surface area contributed by atoms with Crippen LogP contribution in [-0.4, -0.2) is 32.1 Å². The van der Waals surface area contributed by atoms with Crippen molar-refractivity contribution in [2.75, 3.05) is 32.1 Å². The van der Waals surface area contributed by atoms with Gasteiger partial charge in [-0.25, -0.2) is 0 Å². The van der Waals surface area contributed by atoms with Gasteiger partial charge >= 0.3 is 0 Å². The quantitative estimate of drug-likeness (QED) is 0.785. The van der Waals surface area contributed by atoms with Gasteiger partial charge in [-0.2, -0.15) is 0 Å². The van der Waals surface area contributed by atoms with E-state index in [2.05, 4.69) is 91.5 Å². The van der Waals surface area contributed by atoms with Gasteiger partial charge in [0.05, 0.1) is 0 Å². The molecule has 23 heavy (non-hydrogen) atoms. The fourth-order valence-electron chi connectivity index (χ4n) is 3.25. The Morgan fingerprint density at radius 2 is 1.35 bits per heavy atom. The molecule has 122 valence electrons. The summed E-state index contributed by atoms with van der Waals surface area (Å²) in [6, 6.07) is 17.3. The van der Waals surface area contributed by atoms with Crippen molar-refractivity contribution in [3.63, 3.8) is 0 Å². The second kappa shape index (κ2) is 7.67. The predicted octanol–water partition coefficient (Wildman–Crippen LogP) is 4.93. The molecule has 0 bridgehead atoms. The summed E-state index contributed by atoms with van der Waals surface area (Å²) < 4.78 is 0. The number of fused-ring (bicyclic) bond motifs is 2. The van der Waals surface area contributed by atoms with Gasteiger partial charge in [-0.1, -0.05) is 55.5 Å². The molecule has 0 amide bonds. The molecule has 0 spiro atoms. The Kier molecular flexibility index (Phi) is 5.86. The fourth-order valence-corrected chi connectivity index (χ4v) is 3.25. The summed E-state index contributed by atoms with van der Waals surface area (Å²) in [5.41, 5.74) is 5.18. The Morgan fingerprint density at radius 1 is 0.870 bits per heavy atom. The molecule has 2 aromatic rings.